The van der Waals surface area contributed by atoms with Gasteiger partial charge in [0.05, 0.1) is 18.4 Å². The highest BCUT2D eigenvalue weighted by molar-refractivity contribution is 5.99. The molecule has 1 fully saturated rings. The maximum Gasteiger partial charge on any atom is 0.307 e. The van der Waals surface area contributed by atoms with Crippen molar-refractivity contribution in [2.24, 2.45) is 17.3 Å². The van der Waals surface area contributed by atoms with Crippen molar-refractivity contribution in [2.75, 3.05) is 11.9 Å². The normalized spacial score (nSPS) is 22.5. The lowest BCUT2D eigenvalue weighted by molar-refractivity contribution is -0.140. The SMILES string of the molecule is CCOc1ccc(NC(=O)[C@H]2[C@@H](C(=O)O)C2(C)C)cc1F. The van der Waals surface area contributed by atoms with Crippen LogP contribution in [0, 0.1) is 23.1 Å². The minimum Gasteiger partial charge on any atom is -0.491 e. The molecule has 1 saturated carbocycles. The van der Waals surface area contributed by atoms with Gasteiger partial charge in [0.1, 0.15) is 0 Å². The fraction of sp³-hybridized carbons (Fsp3) is 0.467. The molecule has 0 heterocycles. The van der Waals surface area contributed by atoms with Gasteiger partial charge in [0.2, 0.25) is 5.91 Å². The molecular weight excluding hydrogens is 277 g/mol. The lowest BCUT2D eigenvalue weighted by Gasteiger charge is -2.09. The lowest BCUT2D eigenvalue weighted by Crippen LogP contribution is -2.17. The number of hydrogen-bond donors (Lipinski definition) is 2. The van der Waals surface area contributed by atoms with Crippen molar-refractivity contribution in [1.29, 1.82) is 0 Å². The molecule has 114 valence electrons. The van der Waals surface area contributed by atoms with E-state index in [4.69, 9.17) is 9.84 Å². The zero-order chi connectivity index (χ0) is 15.8. The molecule has 0 unspecified atom stereocenters. The van der Waals surface area contributed by atoms with Crippen LogP contribution in [0.25, 0.3) is 0 Å². The van der Waals surface area contributed by atoms with Crippen LogP contribution in [-0.4, -0.2) is 23.6 Å². The largest absolute Gasteiger partial charge is 0.491 e. The number of nitrogens with one attached hydrogen (secondary N) is 1. The molecule has 5 nitrogen and oxygen atoms in total. The van der Waals surface area contributed by atoms with E-state index < -0.39 is 34.9 Å². The Morgan fingerprint density at radius 3 is 2.52 bits per heavy atom. The number of hydrogen-bond acceptors (Lipinski definition) is 3. The molecule has 0 saturated heterocycles. The highest BCUT2D eigenvalue weighted by Crippen LogP contribution is 2.58. The van der Waals surface area contributed by atoms with Crippen molar-refractivity contribution in [3.8, 4) is 5.75 Å². The summed E-state index contributed by atoms with van der Waals surface area (Å²) in [6.07, 6.45) is 0. The fourth-order valence-electron chi connectivity index (χ4n) is 2.66. The van der Waals surface area contributed by atoms with E-state index in [-0.39, 0.29) is 11.4 Å². The minimum absolute atomic E-state index is 0.116. The number of carbonyl (C=O) groups excluding carboxylic acids is 1. The molecule has 0 bridgehead atoms. The first-order valence-corrected chi connectivity index (χ1v) is 6.75. The van der Waals surface area contributed by atoms with Gasteiger partial charge in [-0.25, -0.2) is 4.39 Å². The number of rotatable bonds is 5. The van der Waals surface area contributed by atoms with Gasteiger partial charge in [0, 0.05) is 11.8 Å². The smallest absolute Gasteiger partial charge is 0.307 e. The molecule has 0 spiro atoms. The van der Waals surface area contributed by atoms with Gasteiger partial charge in [-0.15, -0.1) is 0 Å². The summed E-state index contributed by atoms with van der Waals surface area (Å²) in [4.78, 5) is 23.2. The number of benzene rings is 1. The van der Waals surface area contributed by atoms with Crippen molar-refractivity contribution < 1.29 is 23.8 Å². The van der Waals surface area contributed by atoms with Gasteiger partial charge in [0.15, 0.2) is 11.6 Å². The van der Waals surface area contributed by atoms with Crippen molar-refractivity contribution in [3.63, 3.8) is 0 Å². The molecule has 0 aromatic heterocycles. The van der Waals surface area contributed by atoms with E-state index in [9.17, 15) is 14.0 Å². The van der Waals surface area contributed by atoms with Crippen molar-refractivity contribution in [3.05, 3.63) is 24.0 Å². The maximum absolute atomic E-state index is 13.7. The minimum atomic E-state index is -0.988. The summed E-state index contributed by atoms with van der Waals surface area (Å²) in [5.74, 6) is -3.16. The topological polar surface area (TPSA) is 75.6 Å². The number of carboxylic acid groups (broad SMARTS) is 1. The van der Waals surface area contributed by atoms with Crippen molar-refractivity contribution >= 4 is 17.6 Å². The third kappa shape index (κ3) is 2.84. The van der Waals surface area contributed by atoms with Crippen LogP contribution < -0.4 is 10.1 Å². The third-order valence-corrected chi connectivity index (χ3v) is 3.88. The molecule has 6 heteroatoms. The highest BCUT2D eigenvalue weighted by Gasteiger charge is 2.65. The van der Waals surface area contributed by atoms with E-state index >= 15 is 0 Å². The average molecular weight is 295 g/mol. The van der Waals surface area contributed by atoms with Gasteiger partial charge in [-0.1, -0.05) is 13.8 Å². The Hall–Kier alpha value is -2.11. The van der Waals surface area contributed by atoms with Crippen molar-refractivity contribution in [2.45, 2.75) is 20.8 Å². The zero-order valence-corrected chi connectivity index (χ0v) is 12.1. The first-order valence-electron chi connectivity index (χ1n) is 6.75. The van der Waals surface area contributed by atoms with E-state index in [0.29, 0.717) is 6.61 Å². The summed E-state index contributed by atoms with van der Waals surface area (Å²) in [7, 11) is 0. The van der Waals surface area contributed by atoms with Crippen LogP contribution in [0.4, 0.5) is 10.1 Å². The number of carboxylic acids is 1. The number of carbonyl (C=O) groups is 2. The second kappa shape index (κ2) is 5.35. The monoisotopic (exact) mass is 295 g/mol. The van der Waals surface area contributed by atoms with Crippen LogP contribution in [0.3, 0.4) is 0 Å². The Morgan fingerprint density at radius 2 is 2.05 bits per heavy atom. The Kier molecular flexibility index (Phi) is 3.89. The molecule has 0 aliphatic heterocycles. The molecule has 2 atom stereocenters. The lowest BCUT2D eigenvalue weighted by atomic mass is 10.1. The second-order valence-electron chi connectivity index (χ2n) is 5.68. The number of amides is 1. The van der Waals surface area contributed by atoms with E-state index in [0.717, 1.165) is 6.07 Å². The van der Waals surface area contributed by atoms with E-state index in [1.54, 1.807) is 20.8 Å². The maximum atomic E-state index is 13.7. The molecule has 0 radical (unpaired) electrons. The Bertz CT molecular complexity index is 585. The van der Waals surface area contributed by atoms with Crippen molar-refractivity contribution in [1.82, 2.24) is 0 Å². The second-order valence-corrected chi connectivity index (χ2v) is 5.68. The number of anilines is 1. The summed E-state index contributed by atoms with van der Waals surface area (Å²) in [5.41, 5.74) is -0.299. The molecule has 21 heavy (non-hydrogen) atoms. The van der Waals surface area contributed by atoms with Crippen LogP contribution in [0.1, 0.15) is 20.8 Å². The molecule has 1 aliphatic carbocycles. The molecule has 2 N–H and O–H groups in total. The van der Waals surface area contributed by atoms with Gasteiger partial charge in [-0.2, -0.15) is 0 Å². The van der Waals surface area contributed by atoms with Crippen LogP contribution in [0.2, 0.25) is 0 Å². The molecule has 2 rings (SSSR count). The van der Waals surface area contributed by atoms with Gasteiger partial charge < -0.3 is 15.2 Å². The van der Waals surface area contributed by atoms with Gasteiger partial charge >= 0.3 is 5.97 Å². The summed E-state index contributed by atoms with van der Waals surface area (Å²) in [6.45, 7) is 5.55. The zero-order valence-electron chi connectivity index (χ0n) is 12.1. The Balaban J connectivity index is 2.07. The third-order valence-electron chi connectivity index (χ3n) is 3.88. The number of halogens is 1. The van der Waals surface area contributed by atoms with Gasteiger partial charge in [-0.05, 0) is 24.5 Å². The predicted octanol–water partition coefficient (Wildman–Crippen LogP) is 2.52. The van der Waals surface area contributed by atoms with E-state index in [1.165, 1.54) is 12.1 Å². The number of ether oxygens (including phenoxy) is 1. The van der Waals surface area contributed by atoms with Crippen LogP contribution in [0.15, 0.2) is 18.2 Å². The predicted molar refractivity (Wildman–Crippen MR) is 74.6 cm³/mol. The summed E-state index contributed by atoms with van der Waals surface area (Å²) in [5, 5.41) is 11.6. The fourth-order valence-corrected chi connectivity index (χ4v) is 2.66. The first-order chi connectivity index (χ1) is 9.78. The van der Waals surface area contributed by atoms with Gasteiger partial charge in [-0.3, -0.25) is 9.59 Å². The van der Waals surface area contributed by atoms with E-state index in [2.05, 4.69) is 5.32 Å². The molecule has 1 amide bonds. The molecular formula is C15H18FNO4. The molecule has 1 aromatic carbocycles. The Morgan fingerprint density at radius 1 is 1.38 bits per heavy atom. The van der Waals surface area contributed by atoms with Crippen LogP contribution in [-0.2, 0) is 9.59 Å². The van der Waals surface area contributed by atoms with Gasteiger partial charge in [0.25, 0.3) is 0 Å². The van der Waals surface area contributed by atoms with E-state index in [1.807, 2.05) is 0 Å². The average Bonchev–Trinajstić information content (AvgIpc) is 2.96. The standard InChI is InChI=1S/C15H18FNO4/c1-4-21-10-6-5-8(7-9(10)16)17-13(18)11-12(14(19)20)15(11,2)3/h5-7,11-12H,4H2,1-3H3,(H,17,18)(H,19,20)/t11-,12+/m1/s1. The van der Waals surface area contributed by atoms with Crippen LogP contribution >= 0.6 is 0 Å². The highest BCUT2D eigenvalue weighted by atomic mass is 19.1. The van der Waals surface area contributed by atoms with Crippen LogP contribution in [0.5, 0.6) is 5.75 Å². The Labute approximate surface area is 122 Å². The first kappa shape index (κ1) is 15.3. The number of aliphatic carboxylic acids is 1. The molecule has 1 aliphatic rings. The summed E-state index contributed by atoms with van der Waals surface area (Å²) < 4.78 is 18.8. The quantitative estimate of drug-likeness (QED) is 0.875. The summed E-state index contributed by atoms with van der Waals surface area (Å²) in [6, 6.07) is 4.12. The summed E-state index contributed by atoms with van der Waals surface area (Å²) >= 11 is 0. The molecule has 1 aromatic rings.